The van der Waals surface area contributed by atoms with E-state index < -0.39 is 12.1 Å². The maximum absolute atomic E-state index is 13.4. The number of carbonyl (C=O) groups is 3. The Hall–Kier alpha value is -2.37. The Balaban J connectivity index is 1.63. The van der Waals surface area contributed by atoms with E-state index in [0.29, 0.717) is 19.4 Å². The Morgan fingerprint density at radius 3 is 2.57 bits per heavy atom. The van der Waals surface area contributed by atoms with Gasteiger partial charge in [0.05, 0.1) is 0 Å². The van der Waals surface area contributed by atoms with Crippen LogP contribution in [0.2, 0.25) is 0 Å². The van der Waals surface area contributed by atoms with Crippen LogP contribution in [-0.4, -0.2) is 47.3 Å². The molecule has 30 heavy (non-hydrogen) atoms. The zero-order chi connectivity index (χ0) is 21.5. The lowest BCUT2D eigenvalue weighted by molar-refractivity contribution is -0.144. The van der Waals surface area contributed by atoms with Crippen molar-refractivity contribution in [3.8, 4) is 0 Å². The van der Waals surface area contributed by atoms with Crippen molar-refractivity contribution in [2.24, 2.45) is 5.92 Å². The van der Waals surface area contributed by atoms with Gasteiger partial charge in [-0.05, 0) is 44.1 Å². The van der Waals surface area contributed by atoms with Gasteiger partial charge in [0.2, 0.25) is 17.7 Å². The summed E-state index contributed by atoms with van der Waals surface area (Å²) in [6, 6.07) is 9.20. The van der Waals surface area contributed by atoms with Crippen LogP contribution >= 0.6 is 0 Å². The number of hydrogen-bond acceptors (Lipinski definition) is 3. The monoisotopic (exact) mass is 413 g/mol. The SMILES string of the molecule is CC[C@@H](C)C(=O)N[C@H]1CCCC[C@H]2CC[C@@H](C(=O)NCCc3ccccc3)N2C1=O. The average molecular weight is 414 g/mol. The Labute approximate surface area is 179 Å². The van der Waals surface area contributed by atoms with Gasteiger partial charge < -0.3 is 15.5 Å². The summed E-state index contributed by atoms with van der Waals surface area (Å²) in [6.45, 7) is 4.40. The summed E-state index contributed by atoms with van der Waals surface area (Å²) in [5, 5.41) is 5.99. The van der Waals surface area contributed by atoms with Crippen molar-refractivity contribution >= 4 is 17.7 Å². The van der Waals surface area contributed by atoms with Gasteiger partial charge in [-0.1, -0.05) is 57.0 Å². The lowest BCUT2D eigenvalue weighted by Crippen LogP contribution is -2.57. The molecule has 2 saturated heterocycles. The highest BCUT2D eigenvalue weighted by Gasteiger charge is 2.43. The highest BCUT2D eigenvalue weighted by Crippen LogP contribution is 2.31. The zero-order valence-corrected chi connectivity index (χ0v) is 18.2. The molecule has 0 aliphatic carbocycles. The maximum Gasteiger partial charge on any atom is 0.246 e. The van der Waals surface area contributed by atoms with Crippen LogP contribution in [0, 0.1) is 5.92 Å². The summed E-state index contributed by atoms with van der Waals surface area (Å²) in [5.74, 6) is -0.350. The standard InChI is InChI=1S/C24H35N3O3/c1-3-17(2)22(28)26-20-12-8-7-11-19-13-14-21(27(19)24(20)30)23(29)25-16-15-18-9-5-4-6-10-18/h4-6,9-10,17,19-21H,3,7-8,11-16H2,1-2H3,(H,25,29)(H,26,28)/t17-,19+,20+,21+/m1/s1. The molecule has 2 heterocycles. The first-order valence-electron chi connectivity index (χ1n) is 11.5. The van der Waals surface area contributed by atoms with Gasteiger partial charge in [0, 0.05) is 18.5 Å². The van der Waals surface area contributed by atoms with Gasteiger partial charge in [-0.25, -0.2) is 0 Å². The minimum Gasteiger partial charge on any atom is -0.354 e. The summed E-state index contributed by atoms with van der Waals surface area (Å²) in [7, 11) is 0. The van der Waals surface area contributed by atoms with Crippen molar-refractivity contribution in [3.63, 3.8) is 0 Å². The molecule has 0 spiro atoms. The van der Waals surface area contributed by atoms with Crippen LogP contribution in [0.1, 0.15) is 64.4 Å². The van der Waals surface area contributed by atoms with Crippen LogP contribution in [0.15, 0.2) is 30.3 Å². The molecule has 1 aromatic rings. The number of amides is 3. The summed E-state index contributed by atoms with van der Waals surface area (Å²) in [5.41, 5.74) is 1.18. The van der Waals surface area contributed by atoms with Crippen molar-refractivity contribution in [2.75, 3.05) is 6.54 Å². The number of nitrogens with zero attached hydrogens (tertiary/aromatic N) is 1. The molecule has 0 bridgehead atoms. The van der Waals surface area contributed by atoms with Gasteiger partial charge in [0.1, 0.15) is 12.1 Å². The minimum absolute atomic E-state index is 0.0731. The van der Waals surface area contributed by atoms with Crippen LogP contribution < -0.4 is 10.6 Å². The molecule has 0 aromatic heterocycles. The quantitative estimate of drug-likeness (QED) is 0.721. The predicted molar refractivity (Wildman–Crippen MR) is 117 cm³/mol. The van der Waals surface area contributed by atoms with E-state index in [-0.39, 0.29) is 29.7 Å². The number of hydrogen-bond donors (Lipinski definition) is 2. The molecule has 6 nitrogen and oxygen atoms in total. The topological polar surface area (TPSA) is 78.5 Å². The molecule has 164 valence electrons. The molecule has 0 saturated carbocycles. The van der Waals surface area contributed by atoms with Crippen molar-refractivity contribution in [2.45, 2.75) is 83.3 Å². The van der Waals surface area contributed by atoms with Crippen molar-refractivity contribution in [3.05, 3.63) is 35.9 Å². The van der Waals surface area contributed by atoms with Gasteiger partial charge in [-0.3, -0.25) is 14.4 Å². The fourth-order valence-electron chi connectivity index (χ4n) is 4.51. The van der Waals surface area contributed by atoms with Crippen LogP contribution in [0.4, 0.5) is 0 Å². The summed E-state index contributed by atoms with van der Waals surface area (Å²) in [4.78, 5) is 40.5. The molecule has 4 atom stereocenters. The van der Waals surface area contributed by atoms with E-state index in [1.54, 1.807) is 4.90 Å². The number of nitrogens with one attached hydrogen (secondary N) is 2. The van der Waals surface area contributed by atoms with E-state index >= 15 is 0 Å². The third-order valence-electron chi connectivity index (χ3n) is 6.57. The van der Waals surface area contributed by atoms with Gasteiger partial charge in [0.15, 0.2) is 0 Å². The van der Waals surface area contributed by atoms with E-state index in [1.165, 1.54) is 5.56 Å². The first-order chi connectivity index (χ1) is 14.5. The highest BCUT2D eigenvalue weighted by atomic mass is 16.2. The number of benzene rings is 1. The van der Waals surface area contributed by atoms with E-state index in [4.69, 9.17) is 0 Å². The molecule has 2 aliphatic rings. The molecule has 2 N–H and O–H groups in total. The molecular weight excluding hydrogens is 378 g/mol. The molecule has 6 heteroatoms. The third-order valence-corrected chi connectivity index (χ3v) is 6.57. The Morgan fingerprint density at radius 2 is 1.83 bits per heavy atom. The number of rotatable bonds is 7. The van der Waals surface area contributed by atoms with Crippen LogP contribution in [0.5, 0.6) is 0 Å². The lowest BCUT2D eigenvalue weighted by Gasteiger charge is -2.35. The molecule has 2 aliphatic heterocycles. The number of fused-ring (bicyclic) bond motifs is 1. The van der Waals surface area contributed by atoms with Crippen LogP contribution in [0.3, 0.4) is 0 Å². The second-order valence-corrected chi connectivity index (χ2v) is 8.67. The summed E-state index contributed by atoms with van der Waals surface area (Å²) in [6.07, 6.45) is 6.59. The smallest absolute Gasteiger partial charge is 0.246 e. The van der Waals surface area contributed by atoms with E-state index in [9.17, 15) is 14.4 Å². The molecule has 0 radical (unpaired) electrons. The van der Waals surface area contributed by atoms with Crippen molar-refractivity contribution < 1.29 is 14.4 Å². The normalized spacial score (nSPS) is 25.1. The first-order valence-corrected chi connectivity index (χ1v) is 11.5. The van der Waals surface area contributed by atoms with E-state index in [1.807, 2.05) is 44.2 Å². The average Bonchev–Trinajstić information content (AvgIpc) is 3.17. The Kier molecular flexibility index (Phi) is 7.88. The molecule has 3 amide bonds. The van der Waals surface area contributed by atoms with Crippen molar-refractivity contribution in [1.29, 1.82) is 0 Å². The predicted octanol–water partition coefficient (Wildman–Crippen LogP) is 2.81. The molecule has 0 unspecified atom stereocenters. The van der Waals surface area contributed by atoms with Gasteiger partial charge in [-0.2, -0.15) is 0 Å². The molecule has 1 aromatic carbocycles. The number of carbonyl (C=O) groups excluding carboxylic acids is 3. The minimum atomic E-state index is -0.521. The lowest BCUT2D eigenvalue weighted by atomic mass is 9.98. The second kappa shape index (κ2) is 10.6. The van der Waals surface area contributed by atoms with Crippen LogP contribution in [-0.2, 0) is 20.8 Å². The van der Waals surface area contributed by atoms with Gasteiger partial charge in [0.25, 0.3) is 0 Å². The Morgan fingerprint density at radius 1 is 1.10 bits per heavy atom. The largest absolute Gasteiger partial charge is 0.354 e. The molecular formula is C24H35N3O3. The third kappa shape index (κ3) is 5.41. The fraction of sp³-hybridized carbons (Fsp3) is 0.625. The maximum atomic E-state index is 13.4. The van der Waals surface area contributed by atoms with Gasteiger partial charge in [-0.15, -0.1) is 0 Å². The highest BCUT2D eigenvalue weighted by molar-refractivity contribution is 5.93. The van der Waals surface area contributed by atoms with E-state index in [2.05, 4.69) is 10.6 Å². The Bertz CT molecular complexity index is 736. The summed E-state index contributed by atoms with van der Waals surface area (Å²) < 4.78 is 0. The van der Waals surface area contributed by atoms with Crippen molar-refractivity contribution in [1.82, 2.24) is 15.5 Å². The van der Waals surface area contributed by atoms with Gasteiger partial charge >= 0.3 is 0 Å². The molecule has 2 fully saturated rings. The zero-order valence-electron chi connectivity index (χ0n) is 18.2. The first kappa shape index (κ1) is 22.3. The molecule has 3 rings (SSSR count). The van der Waals surface area contributed by atoms with Crippen LogP contribution in [0.25, 0.3) is 0 Å². The summed E-state index contributed by atoms with van der Waals surface area (Å²) >= 11 is 0. The second-order valence-electron chi connectivity index (χ2n) is 8.67. The van der Waals surface area contributed by atoms with E-state index in [0.717, 1.165) is 38.5 Å². The fourth-order valence-corrected chi connectivity index (χ4v) is 4.51.